The molecule has 2 aliphatic heterocycles. The molecule has 0 aliphatic carbocycles. The minimum Gasteiger partial charge on any atom is -0.368 e. The van der Waals surface area contributed by atoms with Crippen molar-refractivity contribution in [3.05, 3.63) is 59.9 Å². The van der Waals surface area contributed by atoms with E-state index in [1.807, 2.05) is 44.2 Å². The second-order valence-corrected chi connectivity index (χ2v) is 9.23. The minimum atomic E-state index is -0.764. The van der Waals surface area contributed by atoms with Crippen LogP contribution in [0.5, 0.6) is 0 Å². The second kappa shape index (κ2) is 9.41. The Morgan fingerprint density at radius 1 is 1.16 bits per heavy atom. The smallest absolute Gasteiger partial charge is 0.251 e. The van der Waals surface area contributed by atoms with Gasteiger partial charge in [-0.15, -0.1) is 0 Å². The summed E-state index contributed by atoms with van der Waals surface area (Å²) in [5.41, 5.74) is 1.45. The van der Waals surface area contributed by atoms with Crippen LogP contribution < -0.4 is 5.32 Å². The van der Waals surface area contributed by atoms with Crippen LogP contribution in [-0.4, -0.2) is 48.6 Å². The topological polar surface area (TPSA) is 58.6 Å². The number of halogens is 1. The van der Waals surface area contributed by atoms with Crippen LogP contribution in [0, 0.1) is 11.2 Å². The lowest BCUT2D eigenvalue weighted by atomic mass is 9.78. The quantitative estimate of drug-likeness (QED) is 0.743. The van der Waals surface area contributed by atoms with Crippen molar-refractivity contribution in [1.29, 1.82) is 0 Å². The molecule has 2 aliphatic rings. The van der Waals surface area contributed by atoms with Crippen molar-refractivity contribution in [2.75, 3.05) is 19.7 Å². The van der Waals surface area contributed by atoms with Gasteiger partial charge in [-0.2, -0.15) is 0 Å². The number of likely N-dealkylation sites (tertiary alicyclic amines) is 1. The standard InChI is InChI=1S/C26H31FN2O3/c1-18(2)28-25(31)26(13-14-29(17-26)24(30)23-12-7-15-32-23)16-19-8-3-4-9-20(19)21-10-5-6-11-22(21)27/h3-6,8-11,18,23H,7,12-17H2,1-2H3,(H,28,31)/t23-,26-/m1/s1. The predicted octanol–water partition coefficient (Wildman–Crippen LogP) is 3.96. The fraction of sp³-hybridized carbons (Fsp3) is 0.462. The van der Waals surface area contributed by atoms with Gasteiger partial charge in [0, 0.05) is 31.3 Å². The molecule has 0 unspecified atom stereocenters. The molecule has 0 spiro atoms. The summed E-state index contributed by atoms with van der Waals surface area (Å²) in [6.07, 6.45) is 2.22. The van der Waals surface area contributed by atoms with Gasteiger partial charge in [-0.05, 0) is 56.7 Å². The Morgan fingerprint density at radius 2 is 1.88 bits per heavy atom. The maximum atomic E-state index is 14.6. The largest absolute Gasteiger partial charge is 0.368 e. The van der Waals surface area contributed by atoms with Gasteiger partial charge in [0.05, 0.1) is 5.41 Å². The van der Waals surface area contributed by atoms with Crippen LogP contribution in [0.25, 0.3) is 11.1 Å². The maximum Gasteiger partial charge on any atom is 0.251 e. The highest BCUT2D eigenvalue weighted by Gasteiger charge is 2.47. The van der Waals surface area contributed by atoms with Crippen LogP contribution in [0.15, 0.2) is 48.5 Å². The molecule has 2 atom stereocenters. The molecule has 2 fully saturated rings. The Labute approximate surface area is 188 Å². The minimum absolute atomic E-state index is 0.0101. The summed E-state index contributed by atoms with van der Waals surface area (Å²) in [7, 11) is 0. The average Bonchev–Trinajstić information content (AvgIpc) is 3.45. The third-order valence-electron chi connectivity index (χ3n) is 6.48. The molecule has 0 saturated carbocycles. The first-order valence-electron chi connectivity index (χ1n) is 11.4. The van der Waals surface area contributed by atoms with Gasteiger partial charge >= 0.3 is 0 Å². The Kier molecular flexibility index (Phi) is 6.60. The molecular formula is C26H31FN2O3. The van der Waals surface area contributed by atoms with Crippen molar-refractivity contribution in [3.63, 3.8) is 0 Å². The van der Waals surface area contributed by atoms with Gasteiger partial charge in [-0.1, -0.05) is 42.5 Å². The van der Waals surface area contributed by atoms with E-state index >= 15 is 0 Å². The lowest BCUT2D eigenvalue weighted by Gasteiger charge is -2.30. The number of amides is 2. The van der Waals surface area contributed by atoms with Crippen molar-refractivity contribution in [2.24, 2.45) is 5.41 Å². The second-order valence-electron chi connectivity index (χ2n) is 9.23. The number of carbonyl (C=O) groups excluding carboxylic acids is 2. The van der Waals surface area contributed by atoms with Gasteiger partial charge in [0.2, 0.25) is 5.91 Å². The molecule has 0 bridgehead atoms. The average molecular weight is 439 g/mol. The first-order valence-corrected chi connectivity index (χ1v) is 11.4. The summed E-state index contributed by atoms with van der Waals surface area (Å²) < 4.78 is 20.2. The van der Waals surface area contributed by atoms with Crippen LogP contribution >= 0.6 is 0 Å². The highest BCUT2D eigenvalue weighted by molar-refractivity contribution is 5.87. The number of hydrogen-bond donors (Lipinski definition) is 1. The summed E-state index contributed by atoms with van der Waals surface area (Å²) in [6, 6.07) is 14.3. The number of benzene rings is 2. The van der Waals surface area contributed by atoms with Crippen molar-refractivity contribution in [2.45, 2.75) is 51.7 Å². The number of carbonyl (C=O) groups is 2. The molecule has 5 nitrogen and oxygen atoms in total. The SMILES string of the molecule is CC(C)NC(=O)[C@@]1(Cc2ccccc2-c2ccccc2F)CCN(C(=O)[C@H]2CCCO2)C1. The molecule has 4 rings (SSSR count). The fourth-order valence-electron chi connectivity index (χ4n) is 4.84. The zero-order valence-electron chi connectivity index (χ0n) is 18.8. The highest BCUT2D eigenvalue weighted by atomic mass is 19.1. The highest BCUT2D eigenvalue weighted by Crippen LogP contribution is 2.38. The molecular weight excluding hydrogens is 407 g/mol. The third kappa shape index (κ3) is 4.56. The van der Waals surface area contributed by atoms with Crippen LogP contribution in [0.4, 0.5) is 4.39 Å². The number of nitrogens with one attached hydrogen (secondary N) is 1. The van der Waals surface area contributed by atoms with Crippen LogP contribution in [-0.2, 0) is 20.7 Å². The van der Waals surface area contributed by atoms with Gasteiger partial charge in [0.15, 0.2) is 0 Å². The number of rotatable bonds is 6. The Hall–Kier alpha value is -2.73. The molecule has 2 saturated heterocycles. The molecule has 2 aromatic carbocycles. The first-order chi connectivity index (χ1) is 15.4. The van der Waals surface area contributed by atoms with E-state index in [9.17, 15) is 14.0 Å². The molecule has 170 valence electrons. The van der Waals surface area contributed by atoms with E-state index in [1.165, 1.54) is 6.07 Å². The van der Waals surface area contributed by atoms with Crippen LogP contribution in [0.3, 0.4) is 0 Å². The van der Waals surface area contributed by atoms with E-state index < -0.39 is 11.5 Å². The summed E-state index contributed by atoms with van der Waals surface area (Å²) in [5.74, 6) is -0.371. The summed E-state index contributed by atoms with van der Waals surface area (Å²) in [5, 5.41) is 3.06. The summed E-state index contributed by atoms with van der Waals surface area (Å²) in [4.78, 5) is 28.2. The van der Waals surface area contributed by atoms with Gasteiger partial charge < -0.3 is 15.0 Å². The van der Waals surface area contributed by atoms with E-state index in [0.717, 1.165) is 24.0 Å². The Bertz CT molecular complexity index is 987. The third-order valence-corrected chi connectivity index (χ3v) is 6.48. The van der Waals surface area contributed by atoms with Crippen molar-refractivity contribution in [1.82, 2.24) is 10.2 Å². The van der Waals surface area contributed by atoms with Crippen molar-refractivity contribution in [3.8, 4) is 11.1 Å². The fourth-order valence-corrected chi connectivity index (χ4v) is 4.84. The molecule has 0 aromatic heterocycles. The molecule has 2 heterocycles. The summed E-state index contributed by atoms with van der Waals surface area (Å²) >= 11 is 0. The number of ether oxygens (including phenoxy) is 1. The summed E-state index contributed by atoms with van der Waals surface area (Å²) in [6.45, 7) is 5.34. The van der Waals surface area contributed by atoms with Gasteiger partial charge in [0.1, 0.15) is 11.9 Å². The number of hydrogen-bond acceptors (Lipinski definition) is 3. The normalized spacial score (nSPS) is 23.0. The van der Waals surface area contributed by atoms with Crippen molar-refractivity contribution >= 4 is 11.8 Å². The maximum absolute atomic E-state index is 14.6. The monoisotopic (exact) mass is 438 g/mol. The van der Waals surface area contributed by atoms with Crippen LogP contribution in [0.1, 0.15) is 38.7 Å². The van der Waals surface area contributed by atoms with Crippen LogP contribution in [0.2, 0.25) is 0 Å². The van der Waals surface area contributed by atoms with Gasteiger partial charge in [-0.25, -0.2) is 4.39 Å². The molecule has 6 heteroatoms. The van der Waals surface area contributed by atoms with E-state index in [0.29, 0.717) is 38.1 Å². The zero-order chi connectivity index (χ0) is 22.7. The van der Waals surface area contributed by atoms with E-state index in [1.54, 1.807) is 17.0 Å². The number of nitrogens with zero attached hydrogens (tertiary/aromatic N) is 1. The molecule has 2 amide bonds. The molecule has 32 heavy (non-hydrogen) atoms. The predicted molar refractivity (Wildman–Crippen MR) is 121 cm³/mol. The zero-order valence-corrected chi connectivity index (χ0v) is 18.8. The Balaban J connectivity index is 1.65. The van der Waals surface area contributed by atoms with Gasteiger partial charge in [0.25, 0.3) is 5.91 Å². The Morgan fingerprint density at radius 3 is 2.56 bits per heavy atom. The van der Waals surface area contributed by atoms with Crippen molar-refractivity contribution < 1.29 is 18.7 Å². The van der Waals surface area contributed by atoms with Gasteiger partial charge in [-0.3, -0.25) is 9.59 Å². The molecule has 2 aromatic rings. The van der Waals surface area contributed by atoms with E-state index in [4.69, 9.17) is 4.74 Å². The van der Waals surface area contributed by atoms with E-state index in [-0.39, 0.29) is 23.7 Å². The first kappa shape index (κ1) is 22.5. The lowest BCUT2D eigenvalue weighted by Crippen LogP contribution is -2.48. The molecule has 0 radical (unpaired) electrons. The molecule has 1 N–H and O–H groups in total. The lowest BCUT2D eigenvalue weighted by molar-refractivity contribution is -0.141. The van der Waals surface area contributed by atoms with E-state index in [2.05, 4.69) is 5.32 Å².